The quantitative estimate of drug-likeness (QED) is 0.762. The van der Waals surface area contributed by atoms with Crippen LogP contribution >= 0.6 is 0 Å². The molecule has 8 heteroatoms. The summed E-state index contributed by atoms with van der Waals surface area (Å²) < 4.78 is 38.0. The molecule has 5 nitrogen and oxygen atoms in total. The average Bonchev–Trinajstić information content (AvgIpc) is 2.35. The molecule has 1 fully saturated rings. The van der Waals surface area contributed by atoms with E-state index in [0.717, 1.165) is 4.90 Å². The first-order valence-corrected chi connectivity index (χ1v) is 5.98. The van der Waals surface area contributed by atoms with Gasteiger partial charge in [-0.3, -0.25) is 9.59 Å². The molecule has 1 aliphatic rings. The van der Waals surface area contributed by atoms with E-state index in [1.54, 1.807) is 0 Å². The van der Waals surface area contributed by atoms with Crippen LogP contribution in [0.3, 0.4) is 0 Å². The summed E-state index contributed by atoms with van der Waals surface area (Å²) in [5.74, 6) is -1.56. The summed E-state index contributed by atoms with van der Waals surface area (Å²) in [4.78, 5) is 24.2. The van der Waals surface area contributed by atoms with Crippen LogP contribution in [0.1, 0.15) is 19.8 Å². The summed E-state index contributed by atoms with van der Waals surface area (Å²) in [6.45, 7) is 0.889. The van der Waals surface area contributed by atoms with Gasteiger partial charge in [0.2, 0.25) is 5.91 Å². The highest BCUT2D eigenvalue weighted by molar-refractivity contribution is 5.87. The van der Waals surface area contributed by atoms with Gasteiger partial charge >= 0.3 is 6.18 Å². The number of piperidine rings is 1. The molecule has 0 saturated carbocycles. The van der Waals surface area contributed by atoms with Crippen LogP contribution < -0.4 is 11.1 Å². The SMILES string of the molecule is CNC(=O)C1CCN(C(=O)C(C)(N)C(F)(F)F)CC1. The molecule has 1 heterocycles. The van der Waals surface area contributed by atoms with Crippen molar-refractivity contribution >= 4 is 11.8 Å². The van der Waals surface area contributed by atoms with E-state index >= 15 is 0 Å². The Morgan fingerprint density at radius 1 is 1.26 bits per heavy atom. The number of amides is 2. The summed E-state index contributed by atoms with van der Waals surface area (Å²) in [6, 6.07) is 0. The maximum atomic E-state index is 12.7. The zero-order chi connectivity index (χ0) is 14.8. The molecule has 1 aliphatic heterocycles. The monoisotopic (exact) mass is 281 g/mol. The predicted molar refractivity (Wildman–Crippen MR) is 62.0 cm³/mol. The van der Waals surface area contributed by atoms with Crippen molar-refractivity contribution in [3.05, 3.63) is 0 Å². The van der Waals surface area contributed by atoms with Crippen LogP contribution in [-0.4, -0.2) is 48.6 Å². The third-order valence-electron chi connectivity index (χ3n) is 3.43. The Bertz CT molecular complexity index is 361. The third-order valence-corrected chi connectivity index (χ3v) is 3.43. The lowest BCUT2D eigenvalue weighted by Gasteiger charge is -2.36. The van der Waals surface area contributed by atoms with E-state index in [1.807, 2.05) is 0 Å². The minimum absolute atomic E-state index is 0.111. The number of nitrogens with two attached hydrogens (primary N) is 1. The van der Waals surface area contributed by atoms with Crippen molar-refractivity contribution in [2.24, 2.45) is 11.7 Å². The van der Waals surface area contributed by atoms with Crippen LogP contribution in [0.2, 0.25) is 0 Å². The van der Waals surface area contributed by atoms with Crippen LogP contribution in [0.4, 0.5) is 13.2 Å². The molecule has 0 radical (unpaired) electrons. The first-order chi connectivity index (χ1) is 8.61. The first-order valence-electron chi connectivity index (χ1n) is 5.98. The molecular formula is C11H18F3N3O2. The lowest BCUT2D eigenvalue weighted by atomic mass is 9.93. The van der Waals surface area contributed by atoms with Crippen LogP contribution in [0, 0.1) is 5.92 Å². The summed E-state index contributed by atoms with van der Waals surface area (Å²) >= 11 is 0. The number of likely N-dealkylation sites (tertiary alicyclic amines) is 1. The van der Waals surface area contributed by atoms with E-state index in [4.69, 9.17) is 5.73 Å². The van der Waals surface area contributed by atoms with Gasteiger partial charge in [-0.2, -0.15) is 13.2 Å². The number of nitrogens with zero attached hydrogens (tertiary/aromatic N) is 1. The summed E-state index contributed by atoms with van der Waals surface area (Å²) in [5, 5.41) is 2.49. The normalized spacial score (nSPS) is 20.8. The van der Waals surface area contributed by atoms with Crippen LogP contribution in [0.25, 0.3) is 0 Å². The van der Waals surface area contributed by atoms with Crippen molar-refractivity contribution in [2.45, 2.75) is 31.5 Å². The molecule has 0 bridgehead atoms. The Kier molecular flexibility index (Phi) is 4.44. The maximum Gasteiger partial charge on any atom is 0.415 e. The van der Waals surface area contributed by atoms with Gasteiger partial charge in [-0.1, -0.05) is 0 Å². The van der Waals surface area contributed by atoms with Crippen molar-refractivity contribution in [3.63, 3.8) is 0 Å². The van der Waals surface area contributed by atoms with Gasteiger partial charge in [-0.15, -0.1) is 0 Å². The number of halogens is 3. The second kappa shape index (κ2) is 5.36. The summed E-state index contributed by atoms with van der Waals surface area (Å²) in [7, 11) is 1.50. The molecule has 1 atom stereocenters. The predicted octanol–water partition coefficient (Wildman–Crippen LogP) is 0.251. The number of hydrogen-bond acceptors (Lipinski definition) is 3. The summed E-state index contributed by atoms with van der Waals surface area (Å²) in [6.07, 6.45) is -4.10. The second-order valence-corrected chi connectivity index (χ2v) is 4.88. The number of carbonyl (C=O) groups excluding carboxylic acids is 2. The van der Waals surface area contributed by atoms with E-state index in [9.17, 15) is 22.8 Å². The number of nitrogens with one attached hydrogen (secondary N) is 1. The molecule has 1 rings (SSSR count). The number of hydrogen-bond donors (Lipinski definition) is 2. The van der Waals surface area contributed by atoms with Crippen molar-refractivity contribution in [1.82, 2.24) is 10.2 Å². The van der Waals surface area contributed by atoms with Gasteiger partial charge < -0.3 is 16.0 Å². The van der Waals surface area contributed by atoms with Crippen molar-refractivity contribution in [2.75, 3.05) is 20.1 Å². The molecule has 2 amide bonds. The zero-order valence-electron chi connectivity index (χ0n) is 10.9. The van der Waals surface area contributed by atoms with Crippen LogP contribution in [0.5, 0.6) is 0 Å². The van der Waals surface area contributed by atoms with Gasteiger partial charge in [0.1, 0.15) is 0 Å². The number of rotatable bonds is 2. The minimum atomic E-state index is -4.79. The van der Waals surface area contributed by atoms with Crippen molar-refractivity contribution in [3.8, 4) is 0 Å². The Labute approximate surface area is 109 Å². The Morgan fingerprint density at radius 2 is 1.74 bits per heavy atom. The first kappa shape index (κ1) is 15.7. The van der Waals surface area contributed by atoms with Gasteiger partial charge in [-0.05, 0) is 19.8 Å². The average molecular weight is 281 g/mol. The van der Waals surface area contributed by atoms with E-state index < -0.39 is 17.6 Å². The number of carbonyl (C=O) groups is 2. The largest absolute Gasteiger partial charge is 0.415 e. The van der Waals surface area contributed by atoms with Crippen LogP contribution in [-0.2, 0) is 9.59 Å². The molecule has 19 heavy (non-hydrogen) atoms. The van der Waals surface area contributed by atoms with Crippen molar-refractivity contribution < 1.29 is 22.8 Å². The highest BCUT2D eigenvalue weighted by Gasteiger charge is 2.55. The standard InChI is InChI=1S/C11H18F3N3O2/c1-10(15,11(12,13)14)9(19)17-5-3-7(4-6-17)8(18)16-2/h7H,3-6,15H2,1-2H3,(H,16,18). The Morgan fingerprint density at radius 3 is 2.11 bits per heavy atom. The van der Waals surface area contributed by atoms with Gasteiger partial charge in [0.15, 0.2) is 5.54 Å². The lowest BCUT2D eigenvalue weighted by molar-refractivity contribution is -0.194. The smallest absolute Gasteiger partial charge is 0.359 e. The Balaban J connectivity index is 2.66. The molecule has 3 N–H and O–H groups in total. The Hall–Kier alpha value is -1.31. The zero-order valence-corrected chi connectivity index (χ0v) is 10.9. The molecule has 110 valence electrons. The fraction of sp³-hybridized carbons (Fsp3) is 0.818. The highest BCUT2D eigenvalue weighted by Crippen LogP contribution is 2.30. The number of alkyl halides is 3. The fourth-order valence-corrected chi connectivity index (χ4v) is 2.00. The molecule has 0 aliphatic carbocycles. The topological polar surface area (TPSA) is 75.4 Å². The maximum absolute atomic E-state index is 12.7. The van der Waals surface area contributed by atoms with Gasteiger partial charge in [0.25, 0.3) is 5.91 Å². The van der Waals surface area contributed by atoms with Gasteiger partial charge in [0.05, 0.1) is 0 Å². The van der Waals surface area contributed by atoms with Gasteiger partial charge in [-0.25, -0.2) is 0 Å². The highest BCUT2D eigenvalue weighted by atomic mass is 19.4. The lowest BCUT2D eigenvalue weighted by Crippen LogP contribution is -2.63. The molecule has 0 aromatic rings. The summed E-state index contributed by atoms with van der Waals surface area (Å²) in [5.41, 5.74) is 2.21. The second-order valence-electron chi connectivity index (χ2n) is 4.88. The van der Waals surface area contributed by atoms with Gasteiger partial charge in [0, 0.05) is 26.1 Å². The third kappa shape index (κ3) is 3.17. The molecule has 1 saturated heterocycles. The molecule has 1 unspecified atom stereocenters. The molecule has 0 aromatic carbocycles. The van der Waals surface area contributed by atoms with Crippen molar-refractivity contribution in [1.29, 1.82) is 0 Å². The van der Waals surface area contributed by atoms with E-state index in [0.29, 0.717) is 19.8 Å². The molecular weight excluding hydrogens is 263 g/mol. The van der Waals surface area contributed by atoms with E-state index in [1.165, 1.54) is 7.05 Å². The molecule has 0 spiro atoms. The molecule has 0 aromatic heterocycles. The van der Waals surface area contributed by atoms with E-state index in [-0.39, 0.29) is 24.9 Å². The van der Waals surface area contributed by atoms with Crippen LogP contribution in [0.15, 0.2) is 0 Å². The fourth-order valence-electron chi connectivity index (χ4n) is 2.00. The van der Waals surface area contributed by atoms with E-state index in [2.05, 4.69) is 5.32 Å². The minimum Gasteiger partial charge on any atom is -0.359 e.